The first-order valence-corrected chi connectivity index (χ1v) is 5.82. The van der Waals surface area contributed by atoms with Gasteiger partial charge in [-0.1, -0.05) is 14.7 Å². The fraction of sp³-hybridized carbons (Fsp3) is 0.571. The molecule has 1 aromatic heterocycles. The molecule has 1 heterocycles. The fourth-order valence-electron chi connectivity index (χ4n) is 0.816. The molecule has 0 atom stereocenters. The first-order chi connectivity index (χ1) is 6.97. The lowest BCUT2D eigenvalue weighted by Crippen LogP contribution is -2.44. The molecule has 0 saturated heterocycles. The van der Waals surface area contributed by atoms with E-state index in [4.69, 9.17) is 4.84 Å². The molecule has 0 radical (unpaired) electrons. The molecule has 0 spiro atoms. The maximum absolute atomic E-state index is 10.2. The molecule has 0 aromatic carbocycles. The highest BCUT2D eigenvalue weighted by atomic mass is 32.2. The van der Waals surface area contributed by atoms with Crippen molar-refractivity contribution in [2.45, 2.75) is 13.3 Å². The number of nitrogens with zero attached hydrogens (tertiary/aromatic N) is 3. The maximum Gasteiger partial charge on any atom is 0.273 e. The first-order valence-electron chi connectivity index (χ1n) is 4.24. The third kappa shape index (κ3) is 5.23. The summed E-state index contributed by atoms with van der Waals surface area (Å²) in [6, 6.07) is 0. The second kappa shape index (κ2) is 4.99. The van der Waals surface area contributed by atoms with Crippen LogP contribution in [0.3, 0.4) is 0 Å². The lowest BCUT2D eigenvalue weighted by Gasteiger charge is -2.05. The number of aryl methyl sites for hydroxylation is 1. The van der Waals surface area contributed by atoms with Crippen LogP contribution in [0.2, 0.25) is 0 Å². The summed E-state index contributed by atoms with van der Waals surface area (Å²) in [7, 11) is -4.16. The summed E-state index contributed by atoms with van der Waals surface area (Å²) >= 11 is 0. The minimum absolute atomic E-state index is 0.124. The second-order valence-electron chi connectivity index (χ2n) is 2.84. The van der Waals surface area contributed by atoms with E-state index in [1.165, 1.54) is 17.4 Å². The largest absolute Gasteiger partial charge is 0.748 e. The third-order valence-corrected chi connectivity index (χ3v) is 2.28. The molecule has 7 nitrogen and oxygen atoms in total. The van der Waals surface area contributed by atoms with Gasteiger partial charge in [0.1, 0.15) is 6.61 Å². The Morgan fingerprint density at radius 2 is 2.07 bits per heavy atom. The molecule has 8 heteroatoms. The van der Waals surface area contributed by atoms with Gasteiger partial charge in [-0.05, 0) is 6.42 Å². The number of aromatic nitrogens is 3. The van der Waals surface area contributed by atoms with Crippen molar-refractivity contribution in [3.63, 3.8) is 0 Å². The van der Waals surface area contributed by atoms with Crippen LogP contribution >= 0.6 is 0 Å². The Balaban J connectivity index is 2.29. The molecule has 84 valence electrons. The van der Waals surface area contributed by atoms with Crippen LogP contribution in [0.5, 0.6) is 0 Å². The highest BCUT2D eigenvalue weighted by molar-refractivity contribution is 7.85. The summed E-state index contributed by atoms with van der Waals surface area (Å²) in [6.45, 7) is 1.85. The molecule has 0 N–H and O–H groups in total. The molecule has 0 bridgehead atoms. The Kier molecular flexibility index (Phi) is 3.92. The summed E-state index contributed by atoms with van der Waals surface area (Å²) < 4.78 is 32.0. The van der Waals surface area contributed by atoms with Gasteiger partial charge in [0.15, 0.2) is 0 Å². The van der Waals surface area contributed by atoms with Gasteiger partial charge in [0.25, 0.3) is 18.5 Å². The van der Waals surface area contributed by atoms with E-state index in [0.29, 0.717) is 5.82 Å². The summed E-state index contributed by atoms with van der Waals surface area (Å²) in [5, 5.41) is 0. The van der Waals surface area contributed by atoms with Crippen molar-refractivity contribution in [1.29, 1.82) is 0 Å². The molecule has 0 aliphatic carbocycles. The van der Waals surface area contributed by atoms with Crippen molar-refractivity contribution < 1.29 is 22.5 Å². The predicted octanol–water partition coefficient (Wildman–Crippen LogP) is -1.56. The smallest absolute Gasteiger partial charge is 0.273 e. The lowest BCUT2D eigenvalue weighted by atomic mass is 10.5. The van der Waals surface area contributed by atoms with Gasteiger partial charge in [-0.3, -0.25) is 0 Å². The monoisotopic (exact) mass is 233 g/mol. The van der Waals surface area contributed by atoms with E-state index in [1.807, 2.05) is 0 Å². The highest BCUT2D eigenvalue weighted by Gasteiger charge is 2.01. The molecule has 0 aliphatic rings. The Morgan fingerprint density at radius 3 is 2.60 bits per heavy atom. The van der Waals surface area contributed by atoms with E-state index in [9.17, 15) is 13.0 Å². The number of hydrogen-bond donors (Lipinski definition) is 0. The zero-order valence-electron chi connectivity index (χ0n) is 8.16. The Labute approximate surface area is 87.5 Å². The van der Waals surface area contributed by atoms with Crippen LogP contribution < -0.4 is 9.57 Å². The molecule has 0 amide bonds. The van der Waals surface area contributed by atoms with Gasteiger partial charge in [0.05, 0.1) is 10.1 Å². The van der Waals surface area contributed by atoms with Crippen LogP contribution in [0.1, 0.15) is 12.2 Å². The van der Waals surface area contributed by atoms with Crippen LogP contribution in [0.15, 0.2) is 12.7 Å². The maximum atomic E-state index is 10.2. The quantitative estimate of drug-likeness (QED) is 0.346. The van der Waals surface area contributed by atoms with Crippen molar-refractivity contribution in [2.75, 3.05) is 12.4 Å². The third-order valence-electron chi connectivity index (χ3n) is 1.50. The average molecular weight is 233 g/mol. The van der Waals surface area contributed by atoms with Crippen LogP contribution in [-0.4, -0.2) is 35.3 Å². The Hall–Kier alpha value is -1.28. The fourth-order valence-corrected chi connectivity index (χ4v) is 1.29. The SMILES string of the molecule is Cc1nc[n+](OCCCS(=O)(=O)[O-])cn1. The van der Waals surface area contributed by atoms with Crippen molar-refractivity contribution in [3.8, 4) is 0 Å². The summed E-state index contributed by atoms with van der Waals surface area (Å²) in [5.74, 6) is 0.178. The van der Waals surface area contributed by atoms with Crippen LogP contribution in [0.25, 0.3) is 0 Å². The molecule has 15 heavy (non-hydrogen) atoms. The van der Waals surface area contributed by atoms with E-state index < -0.39 is 15.9 Å². The van der Waals surface area contributed by atoms with Crippen LogP contribution in [-0.2, 0) is 10.1 Å². The van der Waals surface area contributed by atoms with Crippen molar-refractivity contribution in [3.05, 3.63) is 18.5 Å². The Bertz CT molecular complexity index is 403. The molecular weight excluding hydrogens is 222 g/mol. The molecular formula is C7H11N3O4S. The zero-order chi connectivity index (χ0) is 11.3. The van der Waals surface area contributed by atoms with Crippen molar-refractivity contribution >= 4 is 10.1 Å². The minimum Gasteiger partial charge on any atom is -0.748 e. The van der Waals surface area contributed by atoms with Crippen LogP contribution in [0.4, 0.5) is 0 Å². The van der Waals surface area contributed by atoms with Gasteiger partial charge in [-0.2, -0.15) is 0 Å². The van der Waals surface area contributed by atoms with Gasteiger partial charge in [0, 0.05) is 12.7 Å². The lowest BCUT2D eigenvalue weighted by molar-refractivity contribution is -0.895. The van der Waals surface area contributed by atoms with E-state index in [0.717, 1.165) is 0 Å². The van der Waals surface area contributed by atoms with Crippen molar-refractivity contribution in [2.24, 2.45) is 0 Å². The molecule has 0 aliphatic heterocycles. The first kappa shape index (κ1) is 11.8. The molecule has 0 saturated carbocycles. The van der Waals surface area contributed by atoms with Gasteiger partial charge in [-0.25, -0.2) is 8.42 Å². The van der Waals surface area contributed by atoms with E-state index in [1.54, 1.807) is 6.92 Å². The van der Waals surface area contributed by atoms with E-state index in [2.05, 4.69) is 9.97 Å². The van der Waals surface area contributed by atoms with Crippen LogP contribution in [0, 0.1) is 6.92 Å². The van der Waals surface area contributed by atoms with Gasteiger partial charge in [0.2, 0.25) is 0 Å². The zero-order valence-corrected chi connectivity index (χ0v) is 8.98. The normalized spacial score (nSPS) is 11.3. The highest BCUT2D eigenvalue weighted by Crippen LogP contribution is 1.86. The number of rotatable bonds is 5. The molecule has 0 fully saturated rings. The number of hydrogen-bond acceptors (Lipinski definition) is 6. The van der Waals surface area contributed by atoms with E-state index >= 15 is 0 Å². The standard InChI is InChI=1S/C7H11N3O4S/c1-7-8-5-10(6-9-7)14-3-2-4-15(11,12)13/h5-6H,2-4H2,1H3. The van der Waals surface area contributed by atoms with Gasteiger partial charge in [-0.15, -0.1) is 0 Å². The Morgan fingerprint density at radius 1 is 1.47 bits per heavy atom. The van der Waals surface area contributed by atoms with Gasteiger partial charge < -0.3 is 9.39 Å². The summed E-state index contributed by atoms with van der Waals surface area (Å²) in [5.41, 5.74) is 0. The molecule has 1 aromatic rings. The molecule has 1 rings (SSSR count). The second-order valence-corrected chi connectivity index (χ2v) is 4.37. The predicted molar refractivity (Wildman–Crippen MR) is 47.6 cm³/mol. The van der Waals surface area contributed by atoms with Gasteiger partial charge >= 0.3 is 0 Å². The van der Waals surface area contributed by atoms with E-state index in [-0.39, 0.29) is 13.0 Å². The minimum atomic E-state index is -4.16. The molecule has 0 unspecified atom stereocenters. The average Bonchev–Trinajstić information content (AvgIpc) is 2.14. The summed E-state index contributed by atoms with van der Waals surface area (Å²) in [4.78, 5) is 12.8. The van der Waals surface area contributed by atoms with Crippen molar-refractivity contribution in [1.82, 2.24) is 9.97 Å². The topological polar surface area (TPSA) is 96.1 Å². The summed E-state index contributed by atoms with van der Waals surface area (Å²) in [6.07, 6.45) is 2.97.